The summed E-state index contributed by atoms with van der Waals surface area (Å²) in [5, 5.41) is 8.78. The highest BCUT2D eigenvalue weighted by atomic mass is 16.5. The molecule has 0 spiro atoms. The maximum Gasteiger partial charge on any atom is 0.251 e. The molecule has 0 bridgehead atoms. The van der Waals surface area contributed by atoms with E-state index in [9.17, 15) is 9.59 Å². The van der Waals surface area contributed by atoms with Crippen molar-refractivity contribution in [2.45, 2.75) is 33.2 Å². The van der Waals surface area contributed by atoms with Crippen LogP contribution in [0.4, 0.5) is 11.4 Å². The van der Waals surface area contributed by atoms with E-state index in [1.165, 1.54) is 0 Å². The molecule has 0 aliphatic heterocycles. The molecule has 6 nitrogen and oxygen atoms in total. The van der Waals surface area contributed by atoms with E-state index in [4.69, 9.17) is 4.74 Å². The Bertz CT molecular complexity index is 868. The van der Waals surface area contributed by atoms with Gasteiger partial charge in [0, 0.05) is 22.5 Å². The molecule has 6 heteroatoms. The van der Waals surface area contributed by atoms with Crippen molar-refractivity contribution in [1.29, 1.82) is 0 Å². The predicted octanol–water partition coefficient (Wildman–Crippen LogP) is 4.22. The fourth-order valence-electron chi connectivity index (χ4n) is 2.41. The molecule has 2 rings (SSSR count). The van der Waals surface area contributed by atoms with Crippen LogP contribution in [-0.4, -0.2) is 30.5 Å². The van der Waals surface area contributed by atoms with Crippen molar-refractivity contribution in [2.75, 3.05) is 23.8 Å². The van der Waals surface area contributed by atoms with Gasteiger partial charge in [-0.3, -0.25) is 9.59 Å². The molecule has 0 atom stereocenters. The summed E-state index contributed by atoms with van der Waals surface area (Å²) in [5.41, 5.74) is 2.54. The number of hydrogen-bond acceptors (Lipinski definition) is 4. The highest BCUT2D eigenvalue weighted by molar-refractivity contribution is 5.96. The van der Waals surface area contributed by atoms with E-state index in [-0.39, 0.29) is 23.9 Å². The van der Waals surface area contributed by atoms with Crippen molar-refractivity contribution in [2.24, 2.45) is 0 Å². The molecule has 0 radical (unpaired) electrons. The Morgan fingerprint density at radius 2 is 1.72 bits per heavy atom. The summed E-state index contributed by atoms with van der Waals surface area (Å²) >= 11 is 0. The van der Waals surface area contributed by atoms with Gasteiger partial charge in [-0.05, 0) is 75.7 Å². The van der Waals surface area contributed by atoms with Gasteiger partial charge >= 0.3 is 0 Å². The molecule has 29 heavy (non-hydrogen) atoms. The molecular formula is C23H29N3O3. The zero-order chi connectivity index (χ0) is 21.4. The second-order valence-electron chi connectivity index (χ2n) is 7.96. The number of benzene rings is 2. The van der Waals surface area contributed by atoms with E-state index < -0.39 is 0 Å². The fourth-order valence-corrected chi connectivity index (χ4v) is 2.41. The molecule has 0 saturated heterocycles. The van der Waals surface area contributed by atoms with E-state index in [1.807, 2.05) is 33.8 Å². The number of rotatable bonds is 8. The highest BCUT2D eigenvalue weighted by Crippen LogP contribution is 2.16. The quantitative estimate of drug-likeness (QED) is 0.585. The van der Waals surface area contributed by atoms with Gasteiger partial charge in [0.25, 0.3) is 5.91 Å². The van der Waals surface area contributed by atoms with Crippen LogP contribution in [0.3, 0.4) is 0 Å². The van der Waals surface area contributed by atoms with Crippen LogP contribution in [0.25, 0.3) is 0 Å². The van der Waals surface area contributed by atoms with Crippen LogP contribution >= 0.6 is 0 Å². The minimum atomic E-state index is -0.314. The van der Waals surface area contributed by atoms with Crippen LogP contribution in [0, 0.1) is 0 Å². The molecule has 0 saturated carbocycles. The normalized spacial score (nSPS) is 10.8. The van der Waals surface area contributed by atoms with Gasteiger partial charge in [0.05, 0.1) is 6.54 Å². The van der Waals surface area contributed by atoms with Gasteiger partial charge < -0.3 is 20.7 Å². The number of amides is 2. The lowest BCUT2D eigenvalue weighted by Crippen LogP contribution is -2.40. The number of ether oxygens (including phenoxy) is 1. The maximum absolute atomic E-state index is 12.3. The monoisotopic (exact) mass is 395 g/mol. The van der Waals surface area contributed by atoms with E-state index in [0.29, 0.717) is 23.5 Å². The predicted molar refractivity (Wildman–Crippen MR) is 118 cm³/mol. The van der Waals surface area contributed by atoms with Crippen LogP contribution < -0.4 is 20.7 Å². The number of carbonyl (C=O) groups is 2. The molecule has 0 fully saturated rings. The summed E-state index contributed by atoms with van der Waals surface area (Å²) in [6.07, 6.45) is 0. The van der Waals surface area contributed by atoms with Crippen LogP contribution in [0.15, 0.2) is 60.7 Å². The summed E-state index contributed by atoms with van der Waals surface area (Å²) in [4.78, 5) is 24.5. The third-order valence-electron chi connectivity index (χ3n) is 3.69. The first kappa shape index (κ1) is 22.0. The first-order chi connectivity index (χ1) is 13.6. The average molecular weight is 396 g/mol. The molecule has 3 N–H and O–H groups in total. The molecule has 154 valence electrons. The molecule has 2 aromatic carbocycles. The van der Waals surface area contributed by atoms with E-state index in [2.05, 4.69) is 22.5 Å². The van der Waals surface area contributed by atoms with Crippen LogP contribution in [-0.2, 0) is 4.79 Å². The first-order valence-electron chi connectivity index (χ1n) is 9.46. The van der Waals surface area contributed by atoms with Crippen molar-refractivity contribution >= 4 is 23.2 Å². The minimum absolute atomic E-state index is 0.0816. The lowest BCUT2D eigenvalue weighted by molar-refractivity contribution is -0.114. The highest BCUT2D eigenvalue weighted by Gasteiger charge is 2.15. The Kier molecular flexibility index (Phi) is 7.42. The smallest absolute Gasteiger partial charge is 0.251 e. The average Bonchev–Trinajstić information content (AvgIpc) is 2.65. The Morgan fingerprint density at radius 3 is 2.34 bits per heavy atom. The molecule has 0 aliphatic carbocycles. The van der Waals surface area contributed by atoms with Crippen molar-refractivity contribution in [1.82, 2.24) is 5.32 Å². The number of anilines is 2. The largest absolute Gasteiger partial charge is 0.489 e. The van der Waals surface area contributed by atoms with Gasteiger partial charge in [-0.25, -0.2) is 0 Å². The summed E-state index contributed by atoms with van der Waals surface area (Å²) in [5.74, 6) is 0.374. The zero-order valence-electron chi connectivity index (χ0n) is 17.5. The minimum Gasteiger partial charge on any atom is -0.489 e. The Hall–Kier alpha value is -3.28. The Balaban J connectivity index is 1.87. The topological polar surface area (TPSA) is 79.5 Å². The molecule has 0 aromatic heterocycles. The van der Waals surface area contributed by atoms with Crippen LogP contribution in [0.2, 0.25) is 0 Å². The molecule has 2 aromatic rings. The zero-order valence-corrected chi connectivity index (χ0v) is 17.5. The van der Waals surface area contributed by atoms with Crippen molar-refractivity contribution in [3.63, 3.8) is 0 Å². The van der Waals surface area contributed by atoms with E-state index >= 15 is 0 Å². The van der Waals surface area contributed by atoms with Crippen molar-refractivity contribution in [3.05, 3.63) is 66.2 Å². The summed E-state index contributed by atoms with van der Waals surface area (Å²) in [7, 11) is 0. The SMILES string of the molecule is C=C(C)COc1ccc(NC(=O)CNc2cccc(C(=O)NC(C)(C)C)c2)cc1. The standard InChI is InChI=1S/C23H29N3O3/c1-16(2)15-29-20-11-9-18(10-12-20)25-21(27)14-24-19-8-6-7-17(13-19)22(28)26-23(3,4)5/h6-13,24H,1,14-15H2,2-5H3,(H,25,27)(H,26,28). The lowest BCUT2D eigenvalue weighted by Gasteiger charge is -2.20. The van der Waals surface area contributed by atoms with Crippen molar-refractivity contribution < 1.29 is 14.3 Å². The molecular weight excluding hydrogens is 366 g/mol. The molecule has 2 amide bonds. The van der Waals surface area contributed by atoms with E-state index in [0.717, 1.165) is 11.3 Å². The summed E-state index contributed by atoms with van der Waals surface area (Å²) in [6.45, 7) is 12.0. The van der Waals surface area contributed by atoms with Gasteiger partial charge in [-0.15, -0.1) is 0 Å². The van der Waals surface area contributed by atoms with Gasteiger partial charge in [-0.2, -0.15) is 0 Å². The first-order valence-corrected chi connectivity index (χ1v) is 9.46. The fraction of sp³-hybridized carbons (Fsp3) is 0.304. The third-order valence-corrected chi connectivity index (χ3v) is 3.69. The van der Waals surface area contributed by atoms with Gasteiger partial charge in [-0.1, -0.05) is 12.6 Å². The van der Waals surface area contributed by atoms with E-state index in [1.54, 1.807) is 42.5 Å². The Morgan fingerprint density at radius 1 is 1.03 bits per heavy atom. The maximum atomic E-state index is 12.3. The second-order valence-corrected chi connectivity index (χ2v) is 7.96. The number of carbonyl (C=O) groups excluding carboxylic acids is 2. The van der Waals surface area contributed by atoms with Crippen molar-refractivity contribution in [3.8, 4) is 5.75 Å². The second kappa shape index (κ2) is 9.78. The number of nitrogens with one attached hydrogen (secondary N) is 3. The van der Waals surface area contributed by atoms with Crippen LogP contribution in [0.1, 0.15) is 38.1 Å². The van der Waals surface area contributed by atoms with Crippen LogP contribution in [0.5, 0.6) is 5.75 Å². The van der Waals surface area contributed by atoms with Gasteiger partial charge in [0.1, 0.15) is 12.4 Å². The lowest BCUT2D eigenvalue weighted by atomic mass is 10.1. The van der Waals surface area contributed by atoms with Gasteiger partial charge in [0.15, 0.2) is 0 Å². The summed E-state index contributed by atoms with van der Waals surface area (Å²) in [6, 6.07) is 14.2. The third kappa shape index (κ3) is 8.09. The van der Waals surface area contributed by atoms with Gasteiger partial charge in [0.2, 0.25) is 5.91 Å². The number of hydrogen-bond donors (Lipinski definition) is 3. The molecule has 0 aliphatic rings. The molecule has 0 heterocycles. The Labute approximate surface area is 172 Å². The molecule has 0 unspecified atom stereocenters. The summed E-state index contributed by atoms with van der Waals surface area (Å²) < 4.78 is 5.54.